The van der Waals surface area contributed by atoms with Gasteiger partial charge in [0.05, 0.1) is 23.4 Å². The van der Waals surface area contributed by atoms with Gasteiger partial charge in [0.1, 0.15) is 20.8 Å². The van der Waals surface area contributed by atoms with Crippen molar-refractivity contribution < 1.29 is 17.9 Å². The Bertz CT molecular complexity index is 1020. The third kappa shape index (κ3) is 5.27. The highest BCUT2D eigenvalue weighted by atomic mass is 35.5. The Morgan fingerprint density at radius 3 is 2.44 bits per heavy atom. The van der Waals surface area contributed by atoms with Crippen LogP contribution in [0.25, 0.3) is 10.8 Å². The molecule has 0 spiro atoms. The molecular weight excluding hydrogens is 393 g/mol. The van der Waals surface area contributed by atoms with Gasteiger partial charge in [-0.15, -0.1) is 0 Å². The summed E-state index contributed by atoms with van der Waals surface area (Å²) in [5, 5.41) is 5.24. The summed E-state index contributed by atoms with van der Waals surface area (Å²) in [5.41, 5.74) is 0.764. The number of pyridine rings is 2. The maximum absolute atomic E-state index is 12.2. The quantitative estimate of drug-likeness (QED) is 0.642. The van der Waals surface area contributed by atoms with Crippen LogP contribution >= 0.6 is 11.6 Å². The Balaban J connectivity index is 0.000000253. The fraction of sp³-hybridized carbons (Fsp3) is 0.222. The lowest BCUT2D eigenvalue weighted by molar-refractivity contribution is -0.00603. The van der Waals surface area contributed by atoms with Crippen molar-refractivity contribution in [2.75, 3.05) is 16.8 Å². The number of hydrogen-bond donors (Lipinski definition) is 1. The van der Waals surface area contributed by atoms with E-state index in [0.29, 0.717) is 22.5 Å². The van der Waals surface area contributed by atoms with E-state index in [2.05, 4.69) is 20.2 Å². The molecule has 4 rings (SSSR count). The SMILES string of the molecule is FOc1ccc2c(Nc3ccc(Cl)nc3)nccc2c1.O=S1(=O)CCCC1. The van der Waals surface area contributed by atoms with Crippen molar-refractivity contribution in [1.29, 1.82) is 0 Å². The Labute approximate surface area is 161 Å². The minimum Gasteiger partial charge on any atom is -0.338 e. The summed E-state index contributed by atoms with van der Waals surface area (Å²) in [6.45, 7) is 0. The molecule has 0 aliphatic carbocycles. The molecule has 3 aromatic rings. The van der Waals surface area contributed by atoms with Gasteiger partial charge in [0.15, 0.2) is 5.75 Å². The first-order chi connectivity index (χ1) is 13.0. The molecule has 0 unspecified atom stereocenters. The summed E-state index contributed by atoms with van der Waals surface area (Å²) in [4.78, 5) is 12.0. The molecule has 0 saturated carbocycles. The number of rotatable bonds is 3. The number of nitrogens with one attached hydrogen (secondary N) is 1. The number of anilines is 2. The van der Waals surface area contributed by atoms with Gasteiger partial charge >= 0.3 is 0 Å². The molecule has 0 amide bonds. The molecule has 0 atom stereocenters. The van der Waals surface area contributed by atoms with E-state index in [0.717, 1.165) is 29.3 Å². The molecule has 3 heterocycles. The fourth-order valence-corrected chi connectivity index (χ4v) is 4.24. The second-order valence-electron chi connectivity index (χ2n) is 5.97. The minimum atomic E-state index is -2.55. The summed E-state index contributed by atoms with van der Waals surface area (Å²) in [6, 6.07) is 10.1. The van der Waals surface area contributed by atoms with Crippen LogP contribution in [0.3, 0.4) is 0 Å². The zero-order chi connectivity index (χ0) is 19.3. The predicted octanol–water partition coefficient (Wildman–Crippen LogP) is 4.49. The number of benzene rings is 1. The molecule has 1 fully saturated rings. The molecule has 1 N–H and O–H groups in total. The van der Waals surface area contributed by atoms with Crippen molar-refractivity contribution in [1.82, 2.24) is 9.97 Å². The molecule has 9 heteroatoms. The van der Waals surface area contributed by atoms with E-state index in [9.17, 15) is 12.9 Å². The number of fused-ring (bicyclic) bond motifs is 1. The van der Waals surface area contributed by atoms with Crippen LogP contribution in [0.4, 0.5) is 16.0 Å². The van der Waals surface area contributed by atoms with E-state index in [4.69, 9.17) is 11.6 Å². The van der Waals surface area contributed by atoms with Crippen molar-refractivity contribution in [3.63, 3.8) is 0 Å². The van der Waals surface area contributed by atoms with E-state index in [1.807, 2.05) is 0 Å². The summed E-state index contributed by atoms with van der Waals surface area (Å²) >= 11 is 5.74. The summed E-state index contributed by atoms with van der Waals surface area (Å²) in [5.74, 6) is 1.65. The first kappa shape index (κ1) is 19.3. The van der Waals surface area contributed by atoms with Crippen molar-refractivity contribution in [2.45, 2.75) is 12.8 Å². The Morgan fingerprint density at radius 1 is 1.07 bits per heavy atom. The largest absolute Gasteiger partial charge is 0.338 e. The fourth-order valence-electron chi connectivity index (χ4n) is 2.64. The molecule has 1 aliphatic heterocycles. The lowest BCUT2D eigenvalue weighted by atomic mass is 10.1. The maximum Gasteiger partial charge on any atom is 0.172 e. The zero-order valence-corrected chi connectivity index (χ0v) is 15.8. The lowest BCUT2D eigenvalue weighted by Gasteiger charge is -2.08. The molecular formula is C18H17ClFN3O3S. The highest BCUT2D eigenvalue weighted by Gasteiger charge is 2.16. The van der Waals surface area contributed by atoms with Crippen LogP contribution in [0.5, 0.6) is 5.75 Å². The normalized spacial score (nSPS) is 15.0. The molecule has 0 radical (unpaired) electrons. The second kappa shape index (κ2) is 8.49. The lowest BCUT2D eigenvalue weighted by Crippen LogP contribution is -1.98. The van der Waals surface area contributed by atoms with Gasteiger partial charge in [-0.1, -0.05) is 11.6 Å². The molecule has 1 saturated heterocycles. The van der Waals surface area contributed by atoms with E-state index in [1.54, 1.807) is 42.7 Å². The molecule has 142 valence electrons. The monoisotopic (exact) mass is 409 g/mol. The number of halogens is 2. The van der Waals surface area contributed by atoms with Gasteiger partial charge in [-0.2, -0.15) is 0 Å². The highest BCUT2D eigenvalue weighted by molar-refractivity contribution is 7.91. The number of hydrogen-bond acceptors (Lipinski definition) is 6. The van der Waals surface area contributed by atoms with Gasteiger partial charge in [-0.05, 0) is 54.6 Å². The first-order valence-electron chi connectivity index (χ1n) is 8.23. The van der Waals surface area contributed by atoms with E-state index in [-0.39, 0.29) is 5.75 Å². The van der Waals surface area contributed by atoms with Crippen molar-refractivity contribution in [3.05, 3.63) is 53.9 Å². The average molecular weight is 410 g/mol. The second-order valence-corrected chi connectivity index (χ2v) is 8.66. The van der Waals surface area contributed by atoms with E-state index < -0.39 is 9.84 Å². The summed E-state index contributed by atoms with van der Waals surface area (Å²) < 4.78 is 33.0. The van der Waals surface area contributed by atoms with E-state index >= 15 is 0 Å². The van der Waals surface area contributed by atoms with Crippen LogP contribution in [-0.2, 0) is 9.84 Å². The smallest absolute Gasteiger partial charge is 0.172 e. The molecule has 6 nitrogen and oxygen atoms in total. The van der Waals surface area contributed by atoms with Crippen LogP contribution < -0.4 is 10.3 Å². The molecule has 27 heavy (non-hydrogen) atoms. The average Bonchev–Trinajstić information content (AvgIpc) is 3.08. The Kier molecular flexibility index (Phi) is 6.08. The van der Waals surface area contributed by atoms with Gasteiger partial charge in [0, 0.05) is 16.1 Å². The highest BCUT2D eigenvalue weighted by Crippen LogP contribution is 2.27. The predicted molar refractivity (Wildman–Crippen MR) is 104 cm³/mol. The van der Waals surface area contributed by atoms with Gasteiger partial charge in [0.25, 0.3) is 0 Å². The molecule has 0 bridgehead atoms. The van der Waals surface area contributed by atoms with Crippen LogP contribution in [0, 0.1) is 0 Å². The maximum atomic E-state index is 12.2. The van der Waals surface area contributed by atoms with Crippen LogP contribution in [0.1, 0.15) is 12.8 Å². The van der Waals surface area contributed by atoms with Crippen LogP contribution in [0.15, 0.2) is 48.8 Å². The van der Waals surface area contributed by atoms with E-state index in [1.165, 1.54) is 6.07 Å². The molecule has 1 aliphatic rings. The first-order valence-corrected chi connectivity index (χ1v) is 10.4. The Morgan fingerprint density at radius 2 is 1.85 bits per heavy atom. The third-order valence-electron chi connectivity index (χ3n) is 3.98. The Hall–Kier alpha value is -2.45. The summed E-state index contributed by atoms with van der Waals surface area (Å²) in [7, 11) is -2.55. The molecule has 2 aromatic heterocycles. The van der Waals surface area contributed by atoms with Crippen molar-refractivity contribution in [3.8, 4) is 5.75 Å². The third-order valence-corrected chi connectivity index (χ3v) is 6.02. The van der Waals surface area contributed by atoms with Crippen LogP contribution in [-0.4, -0.2) is 29.9 Å². The topological polar surface area (TPSA) is 81.2 Å². The van der Waals surface area contributed by atoms with Crippen LogP contribution in [0.2, 0.25) is 5.15 Å². The van der Waals surface area contributed by atoms with Gasteiger partial charge in [-0.25, -0.2) is 18.4 Å². The van der Waals surface area contributed by atoms with Gasteiger partial charge in [0.2, 0.25) is 0 Å². The van der Waals surface area contributed by atoms with Gasteiger partial charge < -0.3 is 5.32 Å². The number of nitrogens with zero attached hydrogens (tertiary/aromatic N) is 2. The van der Waals surface area contributed by atoms with Crippen molar-refractivity contribution in [2.24, 2.45) is 0 Å². The molecule has 1 aromatic carbocycles. The van der Waals surface area contributed by atoms with Crippen molar-refractivity contribution >= 4 is 43.7 Å². The number of sulfone groups is 1. The number of aromatic nitrogens is 2. The summed E-state index contributed by atoms with van der Waals surface area (Å²) in [6.07, 6.45) is 5.00. The zero-order valence-electron chi connectivity index (χ0n) is 14.2. The standard InChI is InChI=1S/C14H9ClFN3O.C4H8O2S/c15-13-4-1-10(8-18-13)19-14-12-3-2-11(20-16)7-9(12)5-6-17-14;5-7(6)3-1-2-4-7/h1-8H,(H,17,19);1-4H2. The minimum absolute atomic E-state index is 0.155. The van der Waals surface area contributed by atoms with Gasteiger partial charge in [-0.3, -0.25) is 4.94 Å².